The Hall–Kier alpha value is -2.76. The van der Waals surface area contributed by atoms with Crippen molar-refractivity contribution in [3.63, 3.8) is 0 Å². The van der Waals surface area contributed by atoms with Crippen LogP contribution in [0.4, 0.5) is 5.69 Å². The first-order valence-electron chi connectivity index (χ1n) is 9.17. The Labute approximate surface area is 168 Å². The number of carbonyl (C=O) groups is 2. The van der Waals surface area contributed by atoms with Gasteiger partial charge in [0.15, 0.2) is 11.4 Å². The normalized spacial score (nSPS) is 18.4. The molecule has 5 heteroatoms. The standard InChI is InChI=1S/C23H21NO3S/c1-15-7-10-17(11-8-15)14-24-19-6-4-3-5-18(19)23(27,22(24)26)13-20(25)21-12-9-16(2)28-21/h3-12,27H,13-14H2,1-2H3. The molecule has 4 nitrogen and oxygen atoms in total. The summed E-state index contributed by atoms with van der Waals surface area (Å²) in [5.74, 6) is -0.670. The summed E-state index contributed by atoms with van der Waals surface area (Å²) in [6.07, 6.45) is -0.257. The minimum Gasteiger partial charge on any atom is -0.375 e. The van der Waals surface area contributed by atoms with E-state index in [0.717, 1.165) is 16.0 Å². The molecule has 0 spiro atoms. The number of para-hydroxylation sites is 1. The Kier molecular flexibility index (Phi) is 4.65. The number of amides is 1. The van der Waals surface area contributed by atoms with Crippen molar-refractivity contribution in [3.8, 4) is 0 Å². The van der Waals surface area contributed by atoms with E-state index in [9.17, 15) is 14.7 Å². The van der Waals surface area contributed by atoms with Crippen molar-refractivity contribution in [2.45, 2.75) is 32.4 Å². The number of thiophene rings is 1. The number of anilines is 1. The number of carbonyl (C=O) groups excluding carboxylic acids is 2. The maximum atomic E-state index is 13.3. The molecule has 1 aliphatic heterocycles. The van der Waals surface area contributed by atoms with E-state index in [1.165, 1.54) is 11.3 Å². The molecule has 0 bridgehead atoms. The Morgan fingerprint density at radius 2 is 1.75 bits per heavy atom. The Morgan fingerprint density at radius 3 is 2.43 bits per heavy atom. The fourth-order valence-corrected chi connectivity index (χ4v) is 4.42. The minimum atomic E-state index is -1.84. The average molecular weight is 391 g/mol. The maximum absolute atomic E-state index is 13.3. The molecule has 0 aliphatic carbocycles. The fourth-order valence-electron chi connectivity index (χ4n) is 3.61. The van der Waals surface area contributed by atoms with E-state index < -0.39 is 11.5 Å². The third kappa shape index (κ3) is 3.17. The van der Waals surface area contributed by atoms with Gasteiger partial charge >= 0.3 is 0 Å². The molecule has 1 amide bonds. The highest BCUT2D eigenvalue weighted by atomic mass is 32.1. The van der Waals surface area contributed by atoms with Gasteiger partial charge in [0.1, 0.15) is 0 Å². The van der Waals surface area contributed by atoms with Crippen molar-refractivity contribution >= 4 is 28.7 Å². The lowest BCUT2D eigenvalue weighted by Crippen LogP contribution is -2.41. The number of Topliss-reactive ketones (excluding diaryl/α,β-unsaturated/α-hetero) is 1. The molecule has 28 heavy (non-hydrogen) atoms. The molecule has 1 aliphatic rings. The first-order valence-corrected chi connectivity index (χ1v) is 9.99. The molecule has 3 aromatic rings. The predicted octanol–water partition coefficient (Wildman–Crippen LogP) is 4.37. The number of ketones is 1. The highest BCUT2D eigenvalue weighted by Crippen LogP contribution is 2.43. The molecule has 0 radical (unpaired) electrons. The Morgan fingerprint density at radius 1 is 1.04 bits per heavy atom. The molecular weight excluding hydrogens is 370 g/mol. The summed E-state index contributed by atoms with van der Waals surface area (Å²) in [6.45, 7) is 4.29. The van der Waals surface area contributed by atoms with E-state index in [1.807, 2.05) is 56.3 Å². The van der Waals surface area contributed by atoms with E-state index in [1.54, 1.807) is 23.1 Å². The molecule has 4 rings (SSSR count). The molecule has 1 N–H and O–H groups in total. The summed E-state index contributed by atoms with van der Waals surface area (Å²) in [6, 6.07) is 18.7. The molecule has 2 aromatic carbocycles. The summed E-state index contributed by atoms with van der Waals surface area (Å²) in [4.78, 5) is 29.2. The molecule has 1 aromatic heterocycles. The second-order valence-electron chi connectivity index (χ2n) is 7.26. The Balaban J connectivity index is 1.67. The summed E-state index contributed by atoms with van der Waals surface area (Å²) < 4.78 is 0. The Bertz CT molecular complexity index is 1050. The van der Waals surface area contributed by atoms with Crippen LogP contribution < -0.4 is 4.90 Å². The van der Waals surface area contributed by atoms with Gasteiger partial charge in [0.2, 0.25) is 0 Å². The molecule has 2 heterocycles. The van der Waals surface area contributed by atoms with Crippen molar-refractivity contribution in [2.24, 2.45) is 0 Å². The summed E-state index contributed by atoms with van der Waals surface area (Å²) in [7, 11) is 0. The highest BCUT2D eigenvalue weighted by Gasteiger charge is 2.50. The smallest absolute Gasteiger partial charge is 0.264 e. The number of fused-ring (bicyclic) bond motifs is 1. The summed E-state index contributed by atoms with van der Waals surface area (Å²) in [5, 5.41) is 11.3. The van der Waals surface area contributed by atoms with Crippen molar-refractivity contribution in [1.82, 2.24) is 0 Å². The van der Waals surface area contributed by atoms with Gasteiger partial charge in [0.25, 0.3) is 5.91 Å². The SMILES string of the molecule is Cc1ccc(CN2C(=O)C(O)(CC(=O)c3ccc(C)s3)c3ccccc32)cc1. The highest BCUT2D eigenvalue weighted by molar-refractivity contribution is 7.14. The van der Waals surface area contributed by atoms with Crippen LogP contribution in [0.1, 0.15) is 37.7 Å². The maximum Gasteiger partial charge on any atom is 0.264 e. The number of nitrogens with zero attached hydrogens (tertiary/aromatic N) is 1. The van der Waals surface area contributed by atoms with Gasteiger partial charge in [-0.15, -0.1) is 11.3 Å². The van der Waals surface area contributed by atoms with Crippen LogP contribution in [0, 0.1) is 13.8 Å². The van der Waals surface area contributed by atoms with Crippen LogP contribution in [0.15, 0.2) is 60.7 Å². The molecule has 1 unspecified atom stereocenters. The van der Waals surface area contributed by atoms with Crippen molar-refractivity contribution < 1.29 is 14.7 Å². The summed E-state index contributed by atoms with van der Waals surface area (Å²) in [5.41, 5.74) is 1.43. The third-order valence-corrected chi connectivity index (χ3v) is 6.17. The van der Waals surface area contributed by atoms with Gasteiger partial charge in [0.05, 0.1) is 23.5 Å². The van der Waals surface area contributed by atoms with Crippen LogP contribution in [0.2, 0.25) is 0 Å². The van der Waals surface area contributed by atoms with Crippen LogP contribution in [0.3, 0.4) is 0 Å². The van der Waals surface area contributed by atoms with Crippen molar-refractivity contribution in [2.75, 3.05) is 4.90 Å². The van der Waals surface area contributed by atoms with E-state index in [4.69, 9.17) is 0 Å². The zero-order valence-electron chi connectivity index (χ0n) is 15.8. The number of aliphatic hydroxyl groups is 1. The van der Waals surface area contributed by atoms with Gasteiger partial charge in [-0.25, -0.2) is 0 Å². The fraction of sp³-hybridized carbons (Fsp3) is 0.217. The largest absolute Gasteiger partial charge is 0.375 e. The van der Waals surface area contributed by atoms with Gasteiger partial charge in [-0.3, -0.25) is 9.59 Å². The summed E-state index contributed by atoms with van der Waals surface area (Å²) >= 11 is 1.38. The number of hydrogen-bond donors (Lipinski definition) is 1. The second-order valence-corrected chi connectivity index (χ2v) is 8.55. The number of benzene rings is 2. The number of aryl methyl sites for hydroxylation is 2. The average Bonchev–Trinajstić information content (AvgIpc) is 3.20. The zero-order valence-corrected chi connectivity index (χ0v) is 16.6. The van der Waals surface area contributed by atoms with Gasteiger partial charge in [-0.05, 0) is 37.6 Å². The van der Waals surface area contributed by atoms with E-state index in [-0.39, 0.29) is 12.2 Å². The quantitative estimate of drug-likeness (QED) is 0.657. The van der Waals surface area contributed by atoms with Gasteiger partial charge < -0.3 is 10.0 Å². The lowest BCUT2D eigenvalue weighted by Gasteiger charge is -2.22. The van der Waals surface area contributed by atoms with Crippen LogP contribution in [0.25, 0.3) is 0 Å². The predicted molar refractivity (Wildman–Crippen MR) is 111 cm³/mol. The second kappa shape index (κ2) is 7.00. The molecular formula is C23H21NO3S. The van der Waals surface area contributed by atoms with Crippen LogP contribution in [0.5, 0.6) is 0 Å². The molecule has 0 saturated heterocycles. The molecule has 0 saturated carbocycles. The van der Waals surface area contributed by atoms with Crippen molar-refractivity contribution in [1.29, 1.82) is 0 Å². The molecule has 142 valence electrons. The minimum absolute atomic E-state index is 0.221. The lowest BCUT2D eigenvalue weighted by atomic mass is 9.89. The van der Waals surface area contributed by atoms with Crippen LogP contribution >= 0.6 is 11.3 Å². The van der Waals surface area contributed by atoms with Crippen LogP contribution in [-0.2, 0) is 16.9 Å². The molecule has 0 fully saturated rings. The number of rotatable bonds is 5. The first-order chi connectivity index (χ1) is 13.4. The molecule has 1 atom stereocenters. The first kappa shape index (κ1) is 18.6. The van der Waals surface area contributed by atoms with Crippen molar-refractivity contribution in [3.05, 3.63) is 87.1 Å². The van der Waals surface area contributed by atoms with Gasteiger partial charge in [-0.2, -0.15) is 0 Å². The van der Waals surface area contributed by atoms with Crippen LogP contribution in [-0.4, -0.2) is 16.8 Å². The van der Waals surface area contributed by atoms with Gasteiger partial charge in [0, 0.05) is 10.4 Å². The number of hydrogen-bond acceptors (Lipinski definition) is 4. The topological polar surface area (TPSA) is 57.6 Å². The zero-order chi connectivity index (χ0) is 19.9. The lowest BCUT2D eigenvalue weighted by molar-refractivity contribution is -0.136. The van der Waals surface area contributed by atoms with E-state index in [0.29, 0.717) is 22.7 Å². The van der Waals surface area contributed by atoms with E-state index >= 15 is 0 Å². The third-order valence-electron chi connectivity index (χ3n) is 5.13. The van der Waals surface area contributed by atoms with Gasteiger partial charge in [-0.1, -0.05) is 48.0 Å². The van der Waals surface area contributed by atoms with E-state index in [2.05, 4.69) is 0 Å². The monoisotopic (exact) mass is 391 g/mol.